The molecule has 0 N–H and O–H groups in total. The molecule has 1 aromatic heterocycles. The van der Waals surface area contributed by atoms with Crippen molar-refractivity contribution in [2.75, 3.05) is 38.2 Å². The molecule has 0 radical (unpaired) electrons. The number of carbonyl (C=O) groups is 1. The van der Waals surface area contributed by atoms with Gasteiger partial charge in [-0.1, -0.05) is 11.6 Å². The summed E-state index contributed by atoms with van der Waals surface area (Å²) >= 11 is 6.04. The Morgan fingerprint density at radius 2 is 1.93 bits per heavy atom. The van der Waals surface area contributed by atoms with Gasteiger partial charge in [0, 0.05) is 37.9 Å². The topological polar surface area (TPSA) is 63.5 Å². The second-order valence-corrected chi connectivity index (χ2v) is 6.73. The van der Waals surface area contributed by atoms with Crippen LogP contribution in [0.4, 0.5) is 18.9 Å². The Kier molecular flexibility index (Phi) is 5.69. The lowest BCUT2D eigenvalue weighted by Gasteiger charge is -2.36. The van der Waals surface area contributed by atoms with Crippen LogP contribution in [0.5, 0.6) is 5.75 Å². The summed E-state index contributed by atoms with van der Waals surface area (Å²) in [6.07, 6.45) is -4.63. The van der Waals surface area contributed by atoms with Gasteiger partial charge in [-0.05, 0) is 19.1 Å². The van der Waals surface area contributed by atoms with Crippen LogP contribution in [-0.4, -0.2) is 58.9 Å². The van der Waals surface area contributed by atoms with E-state index in [-0.39, 0.29) is 18.3 Å². The fraction of sp³-hybridized carbons (Fsp3) is 0.471. The number of halogens is 4. The van der Waals surface area contributed by atoms with Crippen molar-refractivity contribution in [1.29, 1.82) is 0 Å². The van der Waals surface area contributed by atoms with Gasteiger partial charge in [0.05, 0.1) is 12.1 Å². The smallest absolute Gasteiger partial charge is 0.453 e. The van der Waals surface area contributed by atoms with Gasteiger partial charge in [0.25, 0.3) is 5.82 Å². The maximum Gasteiger partial charge on any atom is 0.453 e. The van der Waals surface area contributed by atoms with Gasteiger partial charge in [-0.3, -0.25) is 4.79 Å². The number of hydrogen-bond donors (Lipinski definition) is 0. The minimum absolute atomic E-state index is 0.0487. The number of aryl methyl sites for hydroxylation is 1. The Hall–Kier alpha value is -2.49. The highest BCUT2D eigenvalue weighted by Gasteiger charge is 2.37. The van der Waals surface area contributed by atoms with E-state index in [4.69, 9.17) is 16.3 Å². The number of amides is 1. The summed E-state index contributed by atoms with van der Waals surface area (Å²) in [5.74, 6) is -0.915. The van der Waals surface area contributed by atoms with Gasteiger partial charge in [-0.25, -0.2) is 9.67 Å². The molecule has 1 fully saturated rings. The molecule has 1 aliphatic rings. The molecule has 7 nitrogen and oxygen atoms in total. The zero-order chi connectivity index (χ0) is 20.5. The standard InChI is InChI=1S/C17H19ClF3N5O2/c1-11-22-16(17(19,20)21)23-26(11)10-15(27)25-7-5-24(6-8-25)12-3-4-13(18)14(9-12)28-2/h3-4,9H,5-8,10H2,1-2H3. The van der Waals surface area contributed by atoms with Crippen molar-refractivity contribution in [3.05, 3.63) is 34.9 Å². The van der Waals surface area contributed by atoms with E-state index >= 15 is 0 Å². The Labute approximate surface area is 164 Å². The lowest BCUT2D eigenvalue weighted by molar-refractivity contribution is -0.145. The third-order valence-corrected chi connectivity index (χ3v) is 4.84. The number of piperazine rings is 1. The maximum atomic E-state index is 12.7. The number of anilines is 1. The molecule has 1 saturated heterocycles. The Morgan fingerprint density at radius 3 is 2.50 bits per heavy atom. The minimum atomic E-state index is -4.63. The summed E-state index contributed by atoms with van der Waals surface area (Å²) < 4.78 is 44.3. The number of nitrogens with zero attached hydrogens (tertiary/aromatic N) is 5. The molecule has 0 bridgehead atoms. The molecule has 0 atom stereocenters. The lowest BCUT2D eigenvalue weighted by Crippen LogP contribution is -2.49. The van der Waals surface area contributed by atoms with Crippen LogP contribution >= 0.6 is 11.6 Å². The quantitative estimate of drug-likeness (QED) is 0.765. The molecule has 0 saturated carbocycles. The molecule has 3 rings (SSSR count). The SMILES string of the molecule is COc1cc(N2CCN(C(=O)Cn3nc(C(F)(F)F)nc3C)CC2)ccc1Cl. The van der Waals surface area contributed by atoms with Gasteiger partial charge < -0.3 is 14.5 Å². The van der Waals surface area contributed by atoms with E-state index in [1.807, 2.05) is 12.1 Å². The average Bonchev–Trinajstić information content (AvgIpc) is 3.03. The molecule has 1 aromatic carbocycles. The highest BCUT2D eigenvalue weighted by Crippen LogP contribution is 2.30. The number of ether oxygens (including phenoxy) is 1. The Balaban J connectivity index is 1.61. The second kappa shape index (κ2) is 7.86. The first-order valence-corrected chi connectivity index (χ1v) is 8.91. The van der Waals surface area contributed by atoms with Crippen molar-refractivity contribution in [3.63, 3.8) is 0 Å². The van der Waals surface area contributed by atoms with Crippen LogP contribution in [0, 0.1) is 6.92 Å². The summed E-state index contributed by atoms with van der Waals surface area (Å²) in [5.41, 5.74) is 0.926. The number of methoxy groups -OCH3 is 1. The van der Waals surface area contributed by atoms with Gasteiger partial charge in [0.1, 0.15) is 18.1 Å². The summed E-state index contributed by atoms with van der Waals surface area (Å²) in [4.78, 5) is 19.5. The average molecular weight is 418 g/mol. The predicted molar refractivity (Wildman–Crippen MR) is 96.6 cm³/mol. The fourth-order valence-electron chi connectivity index (χ4n) is 2.98. The van der Waals surface area contributed by atoms with Gasteiger partial charge in [-0.2, -0.15) is 13.2 Å². The molecule has 152 valence electrons. The van der Waals surface area contributed by atoms with Crippen LogP contribution in [0.1, 0.15) is 11.6 Å². The van der Waals surface area contributed by atoms with Crippen molar-refractivity contribution in [3.8, 4) is 5.75 Å². The maximum absolute atomic E-state index is 12.7. The first kappa shape index (κ1) is 20.2. The number of aromatic nitrogens is 3. The summed E-state index contributed by atoms with van der Waals surface area (Å²) in [7, 11) is 1.54. The Bertz CT molecular complexity index is 863. The van der Waals surface area contributed by atoms with Crippen molar-refractivity contribution >= 4 is 23.2 Å². The van der Waals surface area contributed by atoms with Crippen molar-refractivity contribution in [2.24, 2.45) is 0 Å². The fourth-order valence-corrected chi connectivity index (χ4v) is 3.17. The van der Waals surface area contributed by atoms with Crippen molar-refractivity contribution < 1.29 is 22.7 Å². The third kappa shape index (κ3) is 4.32. The lowest BCUT2D eigenvalue weighted by atomic mass is 10.2. The number of hydrogen-bond acceptors (Lipinski definition) is 5. The third-order valence-electron chi connectivity index (χ3n) is 4.53. The zero-order valence-electron chi connectivity index (χ0n) is 15.3. The summed E-state index contributed by atoms with van der Waals surface area (Å²) in [6, 6.07) is 5.45. The first-order valence-electron chi connectivity index (χ1n) is 8.54. The van der Waals surface area contributed by atoms with E-state index in [0.717, 1.165) is 10.4 Å². The molecule has 2 aromatic rings. The highest BCUT2D eigenvalue weighted by atomic mass is 35.5. The normalized spacial score (nSPS) is 15.1. The number of benzene rings is 1. The van der Waals surface area contributed by atoms with Crippen LogP contribution in [0.2, 0.25) is 5.02 Å². The van der Waals surface area contributed by atoms with Crippen LogP contribution in [0.25, 0.3) is 0 Å². The minimum Gasteiger partial charge on any atom is -0.495 e. The predicted octanol–water partition coefficient (Wildman–Crippen LogP) is 2.62. The molecule has 0 unspecified atom stereocenters. The van der Waals surface area contributed by atoms with E-state index in [0.29, 0.717) is 37.0 Å². The van der Waals surface area contributed by atoms with E-state index in [1.54, 1.807) is 11.0 Å². The number of rotatable bonds is 4. The van der Waals surface area contributed by atoms with Gasteiger partial charge in [-0.15, -0.1) is 5.10 Å². The number of alkyl halides is 3. The first-order chi connectivity index (χ1) is 13.2. The molecule has 28 heavy (non-hydrogen) atoms. The largest absolute Gasteiger partial charge is 0.495 e. The summed E-state index contributed by atoms with van der Waals surface area (Å²) in [5, 5.41) is 3.92. The van der Waals surface area contributed by atoms with Crippen LogP contribution in [0.3, 0.4) is 0 Å². The van der Waals surface area contributed by atoms with Crippen LogP contribution in [0.15, 0.2) is 18.2 Å². The molecule has 0 aliphatic carbocycles. The number of carbonyl (C=O) groups excluding carboxylic acids is 1. The molecular formula is C17H19ClF3N5O2. The molecule has 2 heterocycles. The van der Waals surface area contributed by atoms with Crippen molar-refractivity contribution in [2.45, 2.75) is 19.6 Å². The molecule has 1 amide bonds. The molecule has 0 spiro atoms. The van der Waals surface area contributed by atoms with E-state index in [2.05, 4.69) is 15.0 Å². The molecule has 1 aliphatic heterocycles. The van der Waals surface area contributed by atoms with Crippen LogP contribution in [-0.2, 0) is 17.5 Å². The second-order valence-electron chi connectivity index (χ2n) is 6.32. The van der Waals surface area contributed by atoms with Gasteiger partial charge in [0.15, 0.2) is 0 Å². The zero-order valence-corrected chi connectivity index (χ0v) is 16.1. The van der Waals surface area contributed by atoms with Gasteiger partial charge >= 0.3 is 6.18 Å². The van der Waals surface area contributed by atoms with E-state index in [9.17, 15) is 18.0 Å². The van der Waals surface area contributed by atoms with Gasteiger partial charge in [0.2, 0.25) is 5.91 Å². The summed E-state index contributed by atoms with van der Waals surface area (Å²) in [6.45, 7) is 3.18. The molecular weight excluding hydrogens is 399 g/mol. The highest BCUT2D eigenvalue weighted by molar-refractivity contribution is 6.32. The van der Waals surface area contributed by atoms with Crippen LogP contribution < -0.4 is 9.64 Å². The van der Waals surface area contributed by atoms with E-state index in [1.165, 1.54) is 14.0 Å². The monoisotopic (exact) mass is 417 g/mol. The van der Waals surface area contributed by atoms with Crippen molar-refractivity contribution in [1.82, 2.24) is 19.7 Å². The van der Waals surface area contributed by atoms with E-state index < -0.39 is 12.0 Å². The Morgan fingerprint density at radius 1 is 1.25 bits per heavy atom. The molecule has 11 heteroatoms.